The second-order valence-electron chi connectivity index (χ2n) is 7.92. The Morgan fingerprint density at radius 3 is 2.58 bits per heavy atom. The van der Waals surface area contributed by atoms with E-state index in [0.29, 0.717) is 12.3 Å². The van der Waals surface area contributed by atoms with Gasteiger partial charge in [-0.1, -0.05) is 33.6 Å². The van der Waals surface area contributed by atoms with E-state index in [1.54, 1.807) is 11.9 Å². The van der Waals surface area contributed by atoms with Crippen LogP contribution in [-0.4, -0.2) is 52.8 Å². The molecule has 1 heterocycles. The van der Waals surface area contributed by atoms with E-state index in [9.17, 15) is 14.4 Å². The molecule has 0 bridgehead atoms. The van der Waals surface area contributed by atoms with Gasteiger partial charge < -0.3 is 10.2 Å². The molecule has 1 saturated carbocycles. The molecule has 2 rings (SSSR count). The normalized spacial score (nSPS) is 28.4. The number of carbonyl (C=O) groups is 3. The van der Waals surface area contributed by atoms with Gasteiger partial charge >= 0.3 is 6.03 Å². The maximum atomic E-state index is 12.9. The Kier molecular flexibility index (Phi) is 5.56. The van der Waals surface area contributed by atoms with Crippen molar-refractivity contribution < 1.29 is 14.4 Å². The zero-order valence-corrected chi connectivity index (χ0v) is 15.6. The minimum Gasteiger partial charge on any atom is -0.341 e. The van der Waals surface area contributed by atoms with Gasteiger partial charge in [-0.15, -0.1) is 0 Å². The van der Waals surface area contributed by atoms with Crippen molar-refractivity contribution in [2.45, 2.75) is 71.4 Å². The molecule has 136 valence electrons. The average Bonchev–Trinajstić information content (AvgIpc) is 2.74. The number of hydrogen-bond donors (Lipinski definition) is 1. The van der Waals surface area contributed by atoms with E-state index in [0.717, 1.165) is 30.6 Å². The quantitative estimate of drug-likeness (QED) is 0.783. The zero-order valence-electron chi connectivity index (χ0n) is 15.6. The lowest BCUT2D eigenvalue weighted by Gasteiger charge is -2.37. The summed E-state index contributed by atoms with van der Waals surface area (Å²) >= 11 is 0. The van der Waals surface area contributed by atoms with Crippen molar-refractivity contribution in [1.82, 2.24) is 15.1 Å². The van der Waals surface area contributed by atoms with Gasteiger partial charge in [0.25, 0.3) is 5.91 Å². The summed E-state index contributed by atoms with van der Waals surface area (Å²) in [7, 11) is 1.74. The molecule has 1 aliphatic carbocycles. The standard InChI is InChI=1S/C18H31N3O3/c1-12(2)10-14(4)20(5)15(22)11-21-16(23)18(19-17(21)24)9-7-6-8-13(18)3/h12-14H,6-11H2,1-5H3,(H,19,24). The van der Waals surface area contributed by atoms with Crippen LogP contribution in [0, 0.1) is 11.8 Å². The molecule has 0 radical (unpaired) electrons. The fraction of sp³-hybridized carbons (Fsp3) is 0.833. The van der Waals surface area contributed by atoms with Gasteiger partial charge in [0.1, 0.15) is 12.1 Å². The van der Waals surface area contributed by atoms with Crippen molar-refractivity contribution in [3.8, 4) is 0 Å². The van der Waals surface area contributed by atoms with E-state index in [2.05, 4.69) is 19.2 Å². The number of rotatable bonds is 5. The van der Waals surface area contributed by atoms with Crippen LogP contribution in [0.25, 0.3) is 0 Å². The lowest BCUT2D eigenvalue weighted by Crippen LogP contribution is -2.54. The Balaban J connectivity index is 2.06. The number of hydrogen-bond acceptors (Lipinski definition) is 3. The zero-order chi connectivity index (χ0) is 18.1. The minimum absolute atomic E-state index is 0.0841. The summed E-state index contributed by atoms with van der Waals surface area (Å²) < 4.78 is 0. The van der Waals surface area contributed by atoms with Gasteiger partial charge in [0.05, 0.1) is 0 Å². The van der Waals surface area contributed by atoms with Crippen LogP contribution in [0.4, 0.5) is 4.79 Å². The molecule has 3 unspecified atom stereocenters. The predicted molar refractivity (Wildman–Crippen MR) is 92.3 cm³/mol. The van der Waals surface area contributed by atoms with Gasteiger partial charge in [0.2, 0.25) is 5.91 Å². The van der Waals surface area contributed by atoms with Gasteiger partial charge in [0.15, 0.2) is 0 Å². The van der Waals surface area contributed by atoms with Gasteiger partial charge in [-0.05, 0) is 38.0 Å². The molecule has 4 amide bonds. The third kappa shape index (κ3) is 3.42. The maximum absolute atomic E-state index is 12.9. The topological polar surface area (TPSA) is 69.7 Å². The van der Waals surface area contributed by atoms with Gasteiger partial charge in [-0.2, -0.15) is 0 Å². The van der Waals surface area contributed by atoms with Gasteiger partial charge in [-0.25, -0.2) is 4.79 Å². The van der Waals surface area contributed by atoms with Crippen molar-refractivity contribution in [3.63, 3.8) is 0 Å². The first-order chi connectivity index (χ1) is 11.2. The SMILES string of the molecule is CC(C)CC(C)N(C)C(=O)CN1C(=O)NC2(CCCCC2C)C1=O. The van der Waals surface area contributed by atoms with E-state index in [1.807, 2.05) is 13.8 Å². The van der Waals surface area contributed by atoms with Crippen LogP contribution in [0.3, 0.4) is 0 Å². The first kappa shape index (κ1) is 18.7. The molecule has 0 aromatic heterocycles. The van der Waals surface area contributed by atoms with Crippen LogP contribution in [0.1, 0.15) is 59.8 Å². The van der Waals surface area contributed by atoms with Crippen LogP contribution in [0.15, 0.2) is 0 Å². The van der Waals surface area contributed by atoms with E-state index >= 15 is 0 Å². The molecule has 6 heteroatoms. The fourth-order valence-corrected chi connectivity index (χ4v) is 3.97. The van der Waals surface area contributed by atoms with Crippen LogP contribution < -0.4 is 5.32 Å². The number of urea groups is 1. The smallest absolute Gasteiger partial charge is 0.325 e. The van der Waals surface area contributed by atoms with Crippen LogP contribution in [0.2, 0.25) is 0 Å². The highest BCUT2D eigenvalue weighted by Gasteiger charge is 2.55. The molecule has 2 aliphatic rings. The number of imide groups is 1. The molecule has 1 N–H and O–H groups in total. The van der Waals surface area contributed by atoms with Gasteiger partial charge in [-0.3, -0.25) is 14.5 Å². The summed E-state index contributed by atoms with van der Waals surface area (Å²) in [6, 6.07) is -0.340. The monoisotopic (exact) mass is 337 g/mol. The van der Waals surface area contributed by atoms with Crippen molar-refractivity contribution in [3.05, 3.63) is 0 Å². The third-order valence-electron chi connectivity index (χ3n) is 5.66. The molecule has 6 nitrogen and oxygen atoms in total. The van der Waals surface area contributed by atoms with E-state index in [-0.39, 0.29) is 30.3 Å². The van der Waals surface area contributed by atoms with Crippen LogP contribution >= 0.6 is 0 Å². The third-order valence-corrected chi connectivity index (χ3v) is 5.66. The molecule has 0 aromatic rings. The largest absolute Gasteiger partial charge is 0.341 e. The predicted octanol–water partition coefficient (Wildman–Crippen LogP) is 2.38. The molecule has 0 aromatic carbocycles. The highest BCUT2D eigenvalue weighted by Crippen LogP contribution is 2.38. The summed E-state index contributed by atoms with van der Waals surface area (Å²) in [4.78, 5) is 40.5. The fourth-order valence-electron chi connectivity index (χ4n) is 3.97. The number of likely N-dealkylation sites (N-methyl/N-ethyl adjacent to an activating group) is 1. The van der Waals surface area contributed by atoms with Crippen LogP contribution in [-0.2, 0) is 9.59 Å². The second kappa shape index (κ2) is 7.11. The van der Waals surface area contributed by atoms with E-state index in [1.165, 1.54) is 0 Å². The summed E-state index contributed by atoms with van der Waals surface area (Å²) in [6.07, 6.45) is 4.51. The van der Waals surface area contributed by atoms with E-state index in [4.69, 9.17) is 0 Å². The first-order valence-corrected chi connectivity index (χ1v) is 9.08. The summed E-state index contributed by atoms with van der Waals surface area (Å²) in [5.41, 5.74) is -0.794. The molecule has 1 spiro atoms. The minimum atomic E-state index is -0.794. The maximum Gasteiger partial charge on any atom is 0.325 e. The second-order valence-corrected chi connectivity index (χ2v) is 7.92. The van der Waals surface area contributed by atoms with E-state index < -0.39 is 11.6 Å². The van der Waals surface area contributed by atoms with Crippen molar-refractivity contribution in [1.29, 1.82) is 0 Å². The molecular formula is C18H31N3O3. The number of nitrogens with zero attached hydrogens (tertiary/aromatic N) is 2. The Labute approximate surface area is 144 Å². The Morgan fingerprint density at radius 2 is 2.00 bits per heavy atom. The Hall–Kier alpha value is -1.59. The van der Waals surface area contributed by atoms with Crippen molar-refractivity contribution in [2.75, 3.05) is 13.6 Å². The molecule has 2 fully saturated rings. The Morgan fingerprint density at radius 1 is 1.33 bits per heavy atom. The summed E-state index contributed by atoms with van der Waals surface area (Å²) in [5.74, 6) is 0.184. The Bertz CT molecular complexity index is 520. The average molecular weight is 337 g/mol. The molecule has 24 heavy (non-hydrogen) atoms. The number of amides is 4. The summed E-state index contributed by atoms with van der Waals surface area (Å²) in [5, 5.41) is 2.89. The highest BCUT2D eigenvalue weighted by molar-refractivity contribution is 6.09. The van der Waals surface area contributed by atoms with Crippen LogP contribution in [0.5, 0.6) is 0 Å². The van der Waals surface area contributed by atoms with Crippen molar-refractivity contribution in [2.24, 2.45) is 11.8 Å². The summed E-state index contributed by atoms with van der Waals surface area (Å²) in [6.45, 7) is 8.06. The molecule has 3 atom stereocenters. The number of carbonyl (C=O) groups excluding carboxylic acids is 3. The lowest BCUT2D eigenvalue weighted by atomic mass is 9.73. The first-order valence-electron chi connectivity index (χ1n) is 9.08. The van der Waals surface area contributed by atoms with Gasteiger partial charge in [0, 0.05) is 13.1 Å². The molecule has 1 saturated heterocycles. The highest BCUT2D eigenvalue weighted by atomic mass is 16.2. The molecular weight excluding hydrogens is 306 g/mol. The molecule has 1 aliphatic heterocycles. The number of nitrogens with one attached hydrogen (secondary N) is 1. The van der Waals surface area contributed by atoms with Crippen molar-refractivity contribution >= 4 is 17.8 Å². The lowest BCUT2D eigenvalue weighted by molar-refractivity contribution is -0.141.